The molecule has 8 heteroatoms. The van der Waals surface area contributed by atoms with E-state index < -0.39 is 6.10 Å². The van der Waals surface area contributed by atoms with E-state index in [1.165, 1.54) is 0 Å². The summed E-state index contributed by atoms with van der Waals surface area (Å²) in [6.45, 7) is 3.44. The first-order valence-corrected chi connectivity index (χ1v) is 16.6. The van der Waals surface area contributed by atoms with Crippen LogP contribution in [0.2, 0.25) is 5.02 Å². The molecule has 1 aliphatic heterocycles. The van der Waals surface area contributed by atoms with Gasteiger partial charge in [0.15, 0.2) is 5.82 Å². The highest BCUT2D eigenvalue weighted by molar-refractivity contribution is 6.31. The van der Waals surface area contributed by atoms with Gasteiger partial charge in [-0.15, -0.1) is 5.10 Å². The molecule has 0 aliphatic carbocycles. The van der Waals surface area contributed by atoms with Crippen LogP contribution in [-0.4, -0.2) is 39.6 Å². The predicted octanol–water partition coefficient (Wildman–Crippen LogP) is 8.11. The van der Waals surface area contributed by atoms with Gasteiger partial charge in [-0.25, -0.2) is 4.98 Å². The van der Waals surface area contributed by atoms with E-state index in [1.54, 1.807) is 12.4 Å². The third-order valence-electron chi connectivity index (χ3n) is 8.44. The quantitative estimate of drug-likeness (QED) is 0.128. The Morgan fingerprint density at radius 3 is 1.89 bits per heavy atom. The molecule has 47 heavy (non-hydrogen) atoms. The van der Waals surface area contributed by atoms with Crippen LogP contribution in [0.4, 0.5) is 0 Å². The number of nitrogens with zero attached hydrogens (tertiary/aromatic N) is 3. The molecular weight excluding hydrogens is 610 g/mol. The highest BCUT2D eigenvalue weighted by atomic mass is 35.5. The van der Waals surface area contributed by atoms with Crippen LogP contribution in [0.25, 0.3) is 0 Å². The first-order valence-electron chi connectivity index (χ1n) is 16.2. The summed E-state index contributed by atoms with van der Waals surface area (Å²) in [7, 11) is 0. The lowest BCUT2D eigenvalue weighted by Gasteiger charge is -2.34. The molecule has 1 aromatic heterocycles. The monoisotopic (exact) mass is 649 g/mol. The molecule has 4 aromatic carbocycles. The number of hydrogen-bond acceptors (Lipinski definition) is 7. The second-order valence-electron chi connectivity index (χ2n) is 11.8. The number of aromatic nitrogens is 3. The Labute approximate surface area is 281 Å². The zero-order valence-electron chi connectivity index (χ0n) is 26.5. The molecule has 0 saturated carbocycles. The van der Waals surface area contributed by atoms with Crippen molar-refractivity contribution in [3.05, 3.63) is 160 Å². The Morgan fingerprint density at radius 2 is 1.32 bits per heavy atom. The molecule has 5 aromatic rings. The Kier molecular flexibility index (Phi) is 11.7. The van der Waals surface area contributed by atoms with E-state index in [-0.39, 0.29) is 24.4 Å². The van der Waals surface area contributed by atoms with Crippen LogP contribution in [-0.2, 0) is 45.2 Å². The maximum absolute atomic E-state index is 6.99. The fourth-order valence-electron chi connectivity index (χ4n) is 5.99. The van der Waals surface area contributed by atoms with Crippen molar-refractivity contribution in [2.45, 2.75) is 76.5 Å². The summed E-state index contributed by atoms with van der Waals surface area (Å²) in [5, 5.41) is 8.80. The van der Waals surface area contributed by atoms with Gasteiger partial charge in [0.1, 0.15) is 12.2 Å². The maximum atomic E-state index is 6.99. The van der Waals surface area contributed by atoms with E-state index in [9.17, 15) is 0 Å². The summed E-state index contributed by atoms with van der Waals surface area (Å²) in [5.41, 5.74) is 5.19. The molecular formula is C39H40ClN3O4. The molecule has 0 amide bonds. The van der Waals surface area contributed by atoms with Crippen molar-refractivity contribution < 1.29 is 18.9 Å². The van der Waals surface area contributed by atoms with E-state index in [2.05, 4.69) is 64.6 Å². The summed E-state index contributed by atoms with van der Waals surface area (Å²) in [4.78, 5) is 4.36. The van der Waals surface area contributed by atoms with Crippen LogP contribution in [0.5, 0.6) is 0 Å². The molecule has 1 fully saturated rings. The molecule has 0 spiro atoms. The number of halogens is 1. The van der Waals surface area contributed by atoms with Crippen molar-refractivity contribution in [3.63, 3.8) is 0 Å². The molecule has 6 rings (SSSR count). The molecule has 0 bridgehead atoms. The lowest BCUT2D eigenvalue weighted by molar-refractivity contribution is -0.170. The van der Waals surface area contributed by atoms with Gasteiger partial charge >= 0.3 is 0 Å². The molecule has 242 valence electrons. The first-order chi connectivity index (χ1) is 23.2. The Morgan fingerprint density at radius 1 is 0.723 bits per heavy atom. The van der Waals surface area contributed by atoms with Gasteiger partial charge in [-0.05, 0) is 40.3 Å². The van der Waals surface area contributed by atoms with Gasteiger partial charge in [0.2, 0.25) is 0 Å². The molecule has 5 atom stereocenters. The summed E-state index contributed by atoms with van der Waals surface area (Å²) in [5.74, 6) is 0.604. The minimum atomic E-state index is -0.395. The third kappa shape index (κ3) is 9.10. The highest BCUT2D eigenvalue weighted by Crippen LogP contribution is 2.38. The van der Waals surface area contributed by atoms with Crippen LogP contribution in [0.15, 0.2) is 122 Å². The van der Waals surface area contributed by atoms with Gasteiger partial charge < -0.3 is 18.9 Å². The average Bonchev–Trinajstić information content (AvgIpc) is 3.27. The second-order valence-corrected chi connectivity index (χ2v) is 12.2. The van der Waals surface area contributed by atoms with Crippen molar-refractivity contribution in [3.8, 4) is 0 Å². The normalized spacial score (nSPS) is 21.3. The fourth-order valence-corrected chi connectivity index (χ4v) is 6.17. The van der Waals surface area contributed by atoms with Crippen molar-refractivity contribution in [2.24, 2.45) is 0 Å². The van der Waals surface area contributed by atoms with Crippen LogP contribution >= 0.6 is 11.6 Å². The minimum absolute atomic E-state index is 0.254. The fraction of sp³-hybridized carbons (Fsp3) is 0.308. The summed E-state index contributed by atoms with van der Waals surface area (Å²) in [6.07, 6.45) is 3.31. The minimum Gasteiger partial charge on any atom is -0.371 e. The van der Waals surface area contributed by atoms with Crippen LogP contribution in [0.1, 0.15) is 59.5 Å². The largest absolute Gasteiger partial charge is 0.371 e. The standard InChI is InChI=1S/C39H40ClN3O4/c1-2-34-38(45-26-29-14-8-4-9-15-29)39(46-27-30-16-10-5-11-17-30)36(44-25-28-12-6-3-7-13-28)24-35(47-34)31-18-19-33(40)32(22-31)23-37-41-20-21-42-43-37/h3-22,34-36,38-39H,2,23-27H2,1H3. The van der Waals surface area contributed by atoms with E-state index in [4.69, 9.17) is 30.5 Å². The molecule has 0 radical (unpaired) electrons. The first kappa shape index (κ1) is 32.9. The lowest BCUT2D eigenvalue weighted by Crippen LogP contribution is -2.47. The predicted molar refractivity (Wildman–Crippen MR) is 182 cm³/mol. The van der Waals surface area contributed by atoms with E-state index >= 15 is 0 Å². The molecule has 7 nitrogen and oxygen atoms in total. The number of rotatable bonds is 13. The zero-order valence-corrected chi connectivity index (χ0v) is 27.3. The van der Waals surface area contributed by atoms with E-state index in [0.29, 0.717) is 43.5 Å². The van der Waals surface area contributed by atoms with Gasteiger partial charge in [-0.1, -0.05) is 122 Å². The molecule has 2 heterocycles. The average molecular weight is 650 g/mol. The Balaban J connectivity index is 1.34. The zero-order chi connectivity index (χ0) is 32.3. The molecule has 5 unspecified atom stereocenters. The van der Waals surface area contributed by atoms with Crippen molar-refractivity contribution >= 4 is 11.6 Å². The third-order valence-corrected chi connectivity index (χ3v) is 8.81. The molecule has 1 saturated heterocycles. The van der Waals surface area contributed by atoms with Gasteiger partial charge in [-0.2, -0.15) is 5.10 Å². The lowest BCUT2D eigenvalue weighted by atomic mass is 9.96. The van der Waals surface area contributed by atoms with E-state index in [0.717, 1.165) is 34.2 Å². The summed E-state index contributed by atoms with van der Waals surface area (Å²) < 4.78 is 27.4. The van der Waals surface area contributed by atoms with Crippen molar-refractivity contribution in [2.75, 3.05) is 0 Å². The van der Waals surface area contributed by atoms with Gasteiger partial charge in [0.25, 0.3) is 0 Å². The van der Waals surface area contributed by atoms with Crippen LogP contribution < -0.4 is 0 Å². The van der Waals surface area contributed by atoms with Gasteiger partial charge in [0.05, 0.1) is 44.3 Å². The van der Waals surface area contributed by atoms with Crippen molar-refractivity contribution in [1.29, 1.82) is 0 Å². The van der Waals surface area contributed by atoms with E-state index in [1.807, 2.05) is 66.7 Å². The summed E-state index contributed by atoms with van der Waals surface area (Å²) >= 11 is 6.68. The van der Waals surface area contributed by atoms with Crippen LogP contribution in [0.3, 0.4) is 0 Å². The van der Waals surface area contributed by atoms with Crippen LogP contribution in [0, 0.1) is 0 Å². The van der Waals surface area contributed by atoms with Gasteiger partial charge in [-0.3, -0.25) is 0 Å². The second kappa shape index (κ2) is 16.7. The maximum Gasteiger partial charge on any atom is 0.155 e. The summed E-state index contributed by atoms with van der Waals surface area (Å²) in [6, 6.07) is 36.7. The SMILES string of the molecule is CCC1OC(c2ccc(Cl)c(Cc3nccnn3)c2)CC(OCc2ccccc2)C(OCc2ccccc2)C1OCc1ccccc1. The smallest absolute Gasteiger partial charge is 0.155 e. The highest BCUT2D eigenvalue weighted by Gasteiger charge is 2.43. The molecule has 1 aliphatic rings. The van der Waals surface area contributed by atoms with Gasteiger partial charge in [0, 0.05) is 24.1 Å². The topological polar surface area (TPSA) is 75.6 Å². The number of benzene rings is 4. The van der Waals surface area contributed by atoms with Crippen molar-refractivity contribution in [1.82, 2.24) is 15.2 Å². The number of ether oxygens (including phenoxy) is 4. The Hall–Kier alpha value is -3.98. The Bertz CT molecular complexity index is 1650. The number of hydrogen-bond donors (Lipinski definition) is 0. The molecule has 0 N–H and O–H groups in total.